The van der Waals surface area contributed by atoms with Gasteiger partial charge in [-0.3, -0.25) is 4.79 Å². The van der Waals surface area contributed by atoms with Crippen molar-refractivity contribution < 1.29 is 18.7 Å². The second kappa shape index (κ2) is 9.25. The van der Waals surface area contributed by atoms with Crippen LogP contribution in [0.1, 0.15) is 11.1 Å². The maximum absolute atomic E-state index is 13.1. The Balaban J connectivity index is 1.93. The van der Waals surface area contributed by atoms with Crippen LogP contribution in [0.15, 0.2) is 36.4 Å². The maximum atomic E-state index is 13.1. The van der Waals surface area contributed by atoms with Gasteiger partial charge in [-0.15, -0.1) is 0 Å². The summed E-state index contributed by atoms with van der Waals surface area (Å²) in [4.78, 5) is 10.8. The molecule has 7 heteroatoms. The quantitative estimate of drug-likeness (QED) is 0.669. The Morgan fingerprint density at radius 2 is 2.08 bits per heavy atom. The van der Waals surface area contributed by atoms with Gasteiger partial charge in [0.05, 0.1) is 12.1 Å². The lowest BCUT2D eigenvalue weighted by Crippen LogP contribution is -2.20. The van der Waals surface area contributed by atoms with Crippen LogP contribution in [0.25, 0.3) is 0 Å². The van der Waals surface area contributed by atoms with Crippen molar-refractivity contribution in [1.82, 2.24) is 5.32 Å². The van der Waals surface area contributed by atoms with Gasteiger partial charge >= 0.3 is 0 Å². The van der Waals surface area contributed by atoms with Crippen LogP contribution < -0.4 is 20.5 Å². The number of methoxy groups -OCH3 is 1. The number of nitrogens with two attached hydrogens (primary N) is 1. The molecule has 2 rings (SSSR count). The predicted molar refractivity (Wildman–Crippen MR) is 94.5 cm³/mol. The molecule has 25 heavy (non-hydrogen) atoms. The van der Waals surface area contributed by atoms with Crippen molar-refractivity contribution in [3.63, 3.8) is 0 Å². The number of nitrogens with one attached hydrogen (secondary N) is 1. The normalized spacial score (nSPS) is 10.5. The van der Waals surface area contributed by atoms with Gasteiger partial charge in [0, 0.05) is 6.54 Å². The first kappa shape index (κ1) is 19.0. The molecule has 134 valence electrons. The number of halogens is 2. The smallest absolute Gasteiger partial charge is 0.255 e. The lowest BCUT2D eigenvalue weighted by atomic mass is 10.1. The molecule has 0 aromatic heterocycles. The monoisotopic (exact) mass is 366 g/mol. The summed E-state index contributed by atoms with van der Waals surface area (Å²) in [5.41, 5.74) is 6.89. The van der Waals surface area contributed by atoms with Crippen LogP contribution >= 0.6 is 11.6 Å². The summed E-state index contributed by atoms with van der Waals surface area (Å²) < 4.78 is 23.7. The van der Waals surface area contributed by atoms with Crippen molar-refractivity contribution in [3.05, 3.63) is 58.4 Å². The number of benzene rings is 2. The molecule has 0 atom stereocenters. The fourth-order valence-corrected chi connectivity index (χ4v) is 2.60. The zero-order chi connectivity index (χ0) is 18.2. The molecule has 0 bridgehead atoms. The number of hydrogen-bond donors (Lipinski definition) is 2. The lowest BCUT2D eigenvalue weighted by Gasteiger charge is -2.14. The Bertz CT molecular complexity index is 740. The van der Waals surface area contributed by atoms with Crippen molar-refractivity contribution in [2.24, 2.45) is 5.73 Å². The van der Waals surface area contributed by atoms with Gasteiger partial charge in [-0.25, -0.2) is 4.39 Å². The molecule has 2 aromatic rings. The fourth-order valence-electron chi connectivity index (χ4n) is 2.32. The van der Waals surface area contributed by atoms with Crippen molar-refractivity contribution >= 4 is 17.5 Å². The molecule has 0 saturated heterocycles. The SMILES string of the molecule is COc1cc(CNCCc2cccc(F)c2)cc(Cl)c1OCC(N)=O. The second-order valence-electron chi connectivity index (χ2n) is 5.42. The van der Waals surface area contributed by atoms with E-state index in [0.29, 0.717) is 30.3 Å². The molecular formula is C18H20ClFN2O3. The maximum Gasteiger partial charge on any atom is 0.255 e. The van der Waals surface area contributed by atoms with Crippen molar-refractivity contribution in [2.75, 3.05) is 20.3 Å². The number of ether oxygens (including phenoxy) is 2. The van der Waals surface area contributed by atoms with Crippen LogP contribution in [0.3, 0.4) is 0 Å². The van der Waals surface area contributed by atoms with E-state index in [0.717, 1.165) is 11.1 Å². The zero-order valence-corrected chi connectivity index (χ0v) is 14.6. The van der Waals surface area contributed by atoms with Gasteiger partial charge in [-0.05, 0) is 48.4 Å². The molecule has 0 fully saturated rings. The third kappa shape index (κ3) is 5.92. The van der Waals surface area contributed by atoms with E-state index in [1.807, 2.05) is 6.07 Å². The minimum atomic E-state index is -0.596. The highest BCUT2D eigenvalue weighted by Crippen LogP contribution is 2.36. The van der Waals surface area contributed by atoms with Gasteiger partial charge in [0.1, 0.15) is 5.82 Å². The fraction of sp³-hybridized carbons (Fsp3) is 0.278. The lowest BCUT2D eigenvalue weighted by molar-refractivity contribution is -0.119. The zero-order valence-electron chi connectivity index (χ0n) is 13.9. The summed E-state index contributed by atoms with van der Waals surface area (Å²) >= 11 is 6.20. The van der Waals surface area contributed by atoms with Gasteiger partial charge in [0.25, 0.3) is 5.91 Å². The van der Waals surface area contributed by atoms with E-state index < -0.39 is 5.91 Å². The number of amides is 1. The molecule has 0 unspecified atom stereocenters. The molecule has 0 aliphatic heterocycles. The molecule has 0 heterocycles. The Morgan fingerprint density at radius 1 is 1.28 bits per heavy atom. The van der Waals surface area contributed by atoms with Crippen molar-refractivity contribution in [2.45, 2.75) is 13.0 Å². The summed E-state index contributed by atoms with van der Waals surface area (Å²) in [7, 11) is 1.49. The topological polar surface area (TPSA) is 73.6 Å². The van der Waals surface area contributed by atoms with E-state index in [-0.39, 0.29) is 18.2 Å². The predicted octanol–water partition coefficient (Wildman–Crippen LogP) is 2.68. The molecule has 0 aliphatic rings. The molecule has 0 radical (unpaired) electrons. The van der Waals surface area contributed by atoms with Gasteiger partial charge < -0.3 is 20.5 Å². The van der Waals surface area contributed by atoms with Crippen molar-refractivity contribution in [1.29, 1.82) is 0 Å². The highest BCUT2D eigenvalue weighted by molar-refractivity contribution is 6.32. The summed E-state index contributed by atoms with van der Waals surface area (Å²) in [6.45, 7) is 0.964. The van der Waals surface area contributed by atoms with Gasteiger partial charge in [-0.1, -0.05) is 23.7 Å². The first-order chi connectivity index (χ1) is 12.0. The average molecular weight is 367 g/mol. The van der Waals surface area contributed by atoms with E-state index in [1.54, 1.807) is 18.2 Å². The molecule has 0 spiro atoms. The summed E-state index contributed by atoms with van der Waals surface area (Å²) in [6, 6.07) is 10.0. The van der Waals surface area contributed by atoms with Crippen LogP contribution in [-0.2, 0) is 17.8 Å². The summed E-state index contributed by atoms with van der Waals surface area (Å²) in [5, 5.41) is 3.60. The number of rotatable bonds is 9. The third-order valence-electron chi connectivity index (χ3n) is 3.46. The number of carbonyl (C=O) groups excluding carboxylic acids is 1. The van der Waals surface area contributed by atoms with E-state index in [2.05, 4.69) is 5.32 Å². The van der Waals surface area contributed by atoms with Gasteiger partial charge in [0.2, 0.25) is 0 Å². The third-order valence-corrected chi connectivity index (χ3v) is 3.74. The Labute approximate surface area is 150 Å². The van der Waals surface area contributed by atoms with Crippen LogP contribution in [0, 0.1) is 5.82 Å². The Kier molecular flexibility index (Phi) is 7.03. The van der Waals surface area contributed by atoms with Gasteiger partial charge in [-0.2, -0.15) is 0 Å². The first-order valence-electron chi connectivity index (χ1n) is 7.72. The molecule has 5 nitrogen and oxygen atoms in total. The highest BCUT2D eigenvalue weighted by Gasteiger charge is 2.13. The average Bonchev–Trinajstić information content (AvgIpc) is 2.57. The van der Waals surface area contributed by atoms with E-state index in [9.17, 15) is 9.18 Å². The number of primary amides is 1. The van der Waals surface area contributed by atoms with Gasteiger partial charge in [0.15, 0.2) is 18.1 Å². The van der Waals surface area contributed by atoms with Crippen molar-refractivity contribution in [3.8, 4) is 11.5 Å². The number of hydrogen-bond acceptors (Lipinski definition) is 4. The molecule has 3 N–H and O–H groups in total. The number of carbonyl (C=O) groups is 1. The minimum Gasteiger partial charge on any atom is -0.493 e. The molecule has 2 aromatic carbocycles. The molecule has 1 amide bonds. The molecular weight excluding hydrogens is 347 g/mol. The van der Waals surface area contributed by atoms with E-state index in [1.165, 1.54) is 19.2 Å². The van der Waals surface area contributed by atoms with E-state index in [4.69, 9.17) is 26.8 Å². The van der Waals surface area contributed by atoms with Crippen LogP contribution in [-0.4, -0.2) is 26.2 Å². The van der Waals surface area contributed by atoms with Crippen LogP contribution in [0.2, 0.25) is 5.02 Å². The van der Waals surface area contributed by atoms with Crippen LogP contribution in [0.5, 0.6) is 11.5 Å². The second-order valence-corrected chi connectivity index (χ2v) is 5.83. The summed E-state index contributed by atoms with van der Waals surface area (Å²) in [5.74, 6) is -0.121. The largest absolute Gasteiger partial charge is 0.493 e. The van der Waals surface area contributed by atoms with E-state index >= 15 is 0 Å². The molecule has 0 aliphatic carbocycles. The standard InChI is InChI=1S/C18H20ClFN2O3/c1-24-16-9-13(8-15(19)18(16)25-11-17(21)23)10-22-6-5-12-3-2-4-14(20)7-12/h2-4,7-9,22H,5-6,10-11H2,1H3,(H2,21,23). The Hall–Kier alpha value is -2.31. The summed E-state index contributed by atoms with van der Waals surface area (Å²) in [6.07, 6.45) is 0.711. The minimum absolute atomic E-state index is 0.236. The molecule has 0 saturated carbocycles. The Morgan fingerprint density at radius 3 is 2.76 bits per heavy atom. The van der Waals surface area contributed by atoms with Crippen LogP contribution in [0.4, 0.5) is 4.39 Å². The first-order valence-corrected chi connectivity index (χ1v) is 8.10. The highest BCUT2D eigenvalue weighted by atomic mass is 35.5.